The molecule has 0 radical (unpaired) electrons. The van der Waals surface area contributed by atoms with Crippen molar-refractivity contribution in [3.63, 3.8) is 0 Å². The number of benzene rings is 1. The van der Waals surface area contributed by atoms with Crippen molar-refractivity contribution in [1.82, 2.24) is 19.6 Å². The monoisotopic (exact) mass is 366 g/mol. The molecule has 1 aromatic heterocycles. The summed E-state index contributed by atoms with van der Waals surface area (Å²) in [4.78, 5) is 29.0. The third kappa shape index (κ3) is 4.27. The summed E-state index contributed by atoms with van der Waals surface area (Å²) in [6, 6.07) is 9.62. The molecule has 3 rings (SSSR count). The molecule has 6 heteroatoms. The summed E-state index contributed by atoms with van der Waals surface area (Å²) in [7, 11) is 0. The minimum Gasteiger partial charge on any atom is -0.335 e. The van der Waals surface area contributed by atoms with Gasteiger partial charge in [-0.05, 0) is 37.5 Å². The molecule has 2 unspecified atom stereocenters. The van der Waals surface area contributed by atoms with E-state index in [1.807, 2.05) is 43.1 Å². The van der Waals surface area contributed by atoms with E-state index in [1.54, 1.807) is 15.8 Å². The van der Waals surface area contributed by atoms with Gasteiger partial charge < -0.3 is 9.80 Å². The van der Waals surface area contributed by atoms with Crippen LogP contribution in [0, 0.1) is 6.92 Å². The van der Waals surface area contributed by atoms with E-state index >= 15 is 0 Å². The smallest absolute Gasteiger partial charge is 0.247 e. The maximum Gasteiger partial charge on any atom is 0.247 e. The Balaban J connectivity index is 1.81. The highest BCUT2D eigenvalue weighted by Crippen LogP contribution is 2.20. The molecule has 1 aliphatic rings. The standard InChI is InChI=1S/C21H26N4O2/c1-4-20(26)23-10-11-24(19(15-23)12-18-8-6-5-7-9-18)21(27)17(3)25-14-16(2)13-22-25/h4-9,13-14,17,19H,1,10-12,15H2,2-3H3. The average molecular weight is 366 g/mol. The van der Waals surface area contributed by atoms with E-state index in [0.29, 0.717) is 26.1 Å². The zero-order chi connectivity index (χ0) is 19.4. The first-order chi connectivity index (χ1) is 13.0. The van der Waals surface area contributed by atoms with Gasteiger partial charge in [-0.25, -0.2) is 0 Å². The molecule has 2 amide bonds. The molecular weight excluding hydrogens is 340 g/mol. The number of rotatable bonds is 5. The van der Waals surface area contributed by atoms with E-state index in [2.05, 4.69) is 23.8 Å². The Morgan fingerprint density at radius 3 is 2.67 bits per heavy atom. The molecule has 1 aliphatic heterocycles. The molecule has 0 N–H and O–H groups in total. The Labute approximate surface area is 160 Å². The zero-order valence-electron chi connectivity index (χ0n) is 15.9. The number of nitrogens with zero attached hydrogens (tertiary/aromatic N) is 4. The fourth-order valence-electron chi connectivity index (χ4n) is 3.53. The molecule has 1 saturated heterocycles. The van der Waals surface area contributed by atoms with E-state index in [4.69, 9.17) is 0 Å². The Morgan fingerprint density at radius 2 is 2.04 bits per heavy atom. The SMILES string of the molecule is C=CC(=O)N1CCN(C(=O)C(C)n2cc(C)cn2)C(Cc2ccccc2)C1. The summed E-state index contributed by atoms with van der Waals surface area (Å²) in [5.41, 5.74) is 2.17. The lowest BCUT2D eigenvalue weighted by atomic mass is 10.0. The Bertz CT molecular complexity index is 815. The molecule has 27 heavy (non-hydrogen) atoms. The molecule has 0 aliphatic carbocycles. The van der Waals surface area contributed by atoms with Gasteiger partial charge in [0.1, 0.15) is 6.04 Å². The molecule has 0 bridgehead atoms. The van der Waals surface area contributed by atoms with Crippen molar-refractivity contribution < 1.29 is 9.59 Å². The summed E-state index contributed by atoms with van der Waals surface area (Å²) in [6.45, 7) is 8.96. The number of amides is 2. The van der Waals surface area contributed by atoms with Crippen LogP contribution in [0.4, 0.5) is 0 Å². The lowest BCUT2D eigenvalue weighted by Crippen LogP contribution is -2.58. The van der Waals surface area contributed by atoms with Gasteiger partial charge in [0.2, 0.25) is 11.8 Å². The molecule has 1 aromatic carbocycles. The van der Waals surface area contributed by atoms with Gasteiger partial charge in [0.25, 0.3) is 0 Å². The van der Waals surface area contributed by atoms with Gasteiger partial charge in [0.15, 0.2) is 0 Å². The fourth-order valence-corrected chi connectivity index (χ4v) is 3.53. The summed E-state index contributed by atoms with van der Waals surface area (Å²) in [6.07, 6.45) is 5.68. The Kier molecular flexibility index (Phi) is 5.74. The molecule has 2 aromatic rings. The van der Waals surface area contributed by atoms with Gasteiger partial charge in [0, 0.05) is 25.8 Å². The van der Waals surface area contributed by atoms with Gasteiger partial charge in [-0.1, -0.05) is 36.9 Å². The van der Waals surface area contributed by atoms with Crippen molar-refractivity contribution in [2.24, 2.45) is 0 Å². The highest BCUT2D eigenvalue weighted by Gasteiger charge is 2.34. The molecule has 2 atom stereocenters. The highest BCUT2D eigenvalue weighted by molar-refractivity contribution is 5.87. The van der Waals surface area contributed by atoms with Crippen molar-refractivity contribution in [3.05, 3.63) is 66.5 Å². The summed E-state index contributed by atoms with van der Waals surface area (Å²) in [5.74, 6) is -0.0550. The topological polar surface area (TPSA) is 58.4 Å². The number of aromatic nitrogens is 2. The molecule has 142 valence electrons. The summed E-state index contributed by atoms with van der Waals surface area (Å²) < 4.78 is 1.71. The second kappa shape index (κ2) is 8.20. The van der Waals surface area contributed by atoms with Crippen LogP contribution in [0.3, 0.4) is 0 Å². The maximum absolute atomic E-state index is 13.2. The molecule has 2 heterocycles. The third-order valence-electron chi connectivity index (χ3n) is 5.05. The van der Waals surface area contributed by atoms with Crippen LogP contribution in [0.2, 0.25) is 0 Å². The first-order valence-corrected chi connectivity index (χ1v) is 9.26. The van der Waals surface area contributed by atoms with Crippen LogP contribution in [-0.2, 0) is 16.0 Å². The summed E-state index contributed by atoms with van der Waals surface area (Å²) >= 11 is 0. The van der Waals surface area contributed by atoms with Crippen LogP contribution < -0.4 is 0 Å². The zero-order valence-corrected chi connectivity index (χ0v) is 15.9. The lowest BCUT2D eigenvalue weighted by Gasteiger charge is -2.42. The van der Waals surface area contributed by atoms with Gasteiger partial charge in [-0.2, -0.15) is 5.10 Å². The van der Waals surface area contributed by atoms with Crippen LogP contribution in [0.1, 0.15) is 24.1 Å². The van der Waals surface area contributed by atoms with Crippen LogP contribution in [0.15, 0.2) is 55.4 Å². The molecule has 1 fully saturated rings. The molecule has 0 saturated carbocycles. The molecule has 6 nitrogen and oxygen atoms in total. The van der Waals surface area contributed by atoms with E-state index in [-0.39, 0.29) is 23.9 Å². The van der Waals surface area contributed by atoms with Crippen LogP contribution in [0.5, 0.6) is 0 Å². The number of aryl methyl sites for hydroxylation is 1. The first kappa shape index (κ1) is 18.9. The van der Waals surface area contributed by atoms with Crippen LogP contribution >= 0.6 is 0 Å². The molecule has 0 spiro atoms. The average Bonchev–Trinajstić information content (AvgIpc) is 3.13. The Hall–Kier alpha value is -2.89. The number of carbonyl (C=O) groups is 2. The highest BCUT2D eigenvalue weighted by atomic mass is 16.2. The second-order valence-electron chi connectivity index (χ2n) is 7.04. The van der Waals surface area contributed by atoms with Gasteiger partial charge in [0.05, 0.1) is 12.2 Å². The number of piperazine rings is 1. The van der Waals surface area contributed by atoms with Crippen molar-refractivity contribution in [2.45, 2.75) is 32.4 Å². The predicted octanol–water partition coefficient (Wildman–Crippen LogP) is 2.22. The van der Waals surface area contributed by atoms with Crippen molar-refractivity contribution in [3.8, 4) is 0 Å². The first-order valence-electron chi connectivity index (χ1n) is 9.26. The number of hydrogen-bond acceptors (Lipinski definition) is 3. The lowest BCUT2D eigenvalue weighted by molar-refractivity contribution is -0.143. The number of carbonyl (C=O) groups excluding carboxylic acids is 2. The minimum atomic E-state index is -0.376. The van der Waals surface area contributed by atoms with Gasteiger partial charge in [-0.3, -0.25) is 14.3 Å². The van der Waals surface area contributed by atoms with E-state index in [9.17, 15) is 9.59 Å². The van der Waals surface area contributed by atoms with Crippen LogP contribution in [0.25, 0.3) is 0 Å². The van der Waals surface area contributed by atoms with E-state index < -0.39 is 0 Å². The van der Waals surface area contributed by atoms with Crippen molar-refractivity contribution in [2.75, 3.05) is 19.6 Å². The van der Waals surface area contributed by atoms with E-state index in [1.165, 1.54) is 6.08 Å². The van der Waals surface area contributed by atoms with Gasteiger partial charge >= 0.3 is 0 Å². The molecular formula is C21H26N4O2. The van der Waals surface area contributed by atoms with Gasteiger partial charge in [-0.15, -0.1) is 0 Å². The third-order valence-corrected chi connectivity index (χ3v) is 5.05. The van der Waals surface area contributed by atoms with E-state index in [0.717, 1.165) is 11.1 Å². The minimum absolute atomic E-state index is 0.0322. The Morgan fingerprint density at radius 1 is 1.30 bits per heavy atom. The van der Waals surface area contributed by atoms with Crippen molar-refractivity contribution in [1.29, 1.82) is 0 Å². The second-order valence-corrected chi connectivity index (χ2v) is 7.04. The normalized spacial score (nSPS) is 18.2. The maximum atomic E-state index is 13.2. The predicted molar refractivity (Wildman–Crippen MR) is 104 cm³/mol. The number of hydrogen-bond donors (Lipinski definition) is 0. The summed E-state index contributed by atoms with van der Waals surface area (Å²) in [5, 5.41) is 4.29. The fraction of sp³-hybridized carbons (Fsp3) is 0.381. The largest absolute Gasteiger partial charge is 0.335 e. The van der Waals surface area contributed by atoms with Crippen molar-refractivity contribution >= 4 is 11.8 Å². The van der Waals surface area contributed by atoms with Crippen LogP contribution in [-0.4, -0.2) is 57.1 Å². The quantitative estimate of drug-likeness (QED) is 0.763.